The second kappa shape index (κ2) is 5.16. The maximum absolute atomic E-state index is 3.93. The van der Waals surface area contributed by atoms with E-state index in [2.05, 4.69) is 36.9 Å². The molecule has 0 radical (unpaired) electrons. The number of benzene rings is 1. The molecule has 1 nitrogen and oxygen atoms in total. The van der Waals surface area contributed by atoms with Gasteiger partial charge in [0.1, 0.15) is 0 Å². The average Bonchev–Trinajstić information content (AvgIpc) is 1.88. The van der Waals surface area contributed by atoms with Crippen molar-refractivity contribution >= 4 is 0 Å². The van der Waals surface area contributed by atoms with Gasteiger partial charge in [-0.2, -0.15) is 0 Å². The Balaban J connectivity index is 0.000001000. The van der Waals surface area contributed by atoms with Crippen molar-refractivity contribution in [1.29, 1.82) is 0 Å². The van der Waals surface area contributed by atoms with Crippen LogP contribution in [0.1, 0.15) is 12.5 Å². The molecule has 0 fully saturated rings. The highest BCUT2D eigenvalue weighted by Crippen LogP contribution is 1.99. The van der Waals surface area contributed by atoms with E-state index in [0.29, 0.717) is 6.04 Å². The Labute approximate surface area is 74.0 Å². The molecule has 62 valence electrons. The summed E-state index contributed by atoms with van der Waals surface area (Å²) in [6, 6.07) is 11.0. The summed E-state index contributed by atoms with van der Waals surface area (Å²) in [4.78, 5) is 0. The summed E-state index contributed by atoms with van der Waals surface area (Å²) < 4.78 is 0. The number of quaternary nitrogens is 1. The third kappa shape index (κ3) is 4.02. The molecule has 0 bridgehead atoms. The van der Waals surface area contributed by atoms with Crippen LogP contribution in [0, 0.1) is 0 Å². The second-order valence-electron chi connectivity index (χ2n) is 2.79. The summed E-state index contributed by atoms with van der Waals surface area (Å²) in [6.45, 7) is 2.13. The van der Waals surface area contributed by atoms with Gasteiger partial charge in [-0.25, -0.2) is 0 Å². The Morgan fingerprint density at radius 2 is 1.82 bits per heavy atom. The van der Waals surface area contributed by atoms with Crippen molar-refractivity contribution in [2.75, 3.05) is 0 Å². The van der Waals surface area contributed by atoms with Crippen molar-refractivity contribution in [3.8, 4) is 0 Å². The average molecular weight is 172 g/mol. The lowest BCUT2D eigenvalue weighted by atomic mass is 10.1. The summed E-state index contributed by atoms with van der Waals surface area (Å²) >= 11 is 0. The van der Waals surface area contributed by atoms with Gasteiger partial charge >= 0.3 is 0 Å². The molecule has 1 aromatic carbocycles. The minimum absolute atomic E-state index is 0. The van der Waals surface area contributed by atoms with E-state index in [1.165, 1.54) is 5.56 Å². The van der Waals surface area contributed by atoms with Crippen LogP contribution in [-0.4, -0.2) is 6.04 Å². The van der Waals surface area contributed by atoms with Crippen LogP contribution in [0.15, 0.2) is 30.3 Å². The topological polar surface area (TPSA) is 27.6 Å². The Bertz CT molecular complexity index is 184. The number of rotatable bonds is 2. The molecule has 0 aliphatic rings. The van der Waals surface area contributed by atoms with E-state index in [9.17, 15) is 0 Å². The van der Waals surface area contributed by atoms with E-state index in [0.717, 1.165) is 6.42 Å². The first-order valence-corrected chi connectivity index (χ1v) is 3.66. The van der Waals surface area contributed by atoms with E-state index in [4.69, 9.17) is 0 Å². The zero-order chi connectivity index (χ0) is 7.40. The van der Waals surface area contributed by atoms with Crippen molar-refractivity contribution in [1.82, 2.24) is 0 Å². The molecule has 1 aromatic rings. The summed E-state index contributed by atoms with van der Waals surface area (Å²) in [5.41, 5.74) is 5.31. The largest absolute Gasteiger partial charge is 1.00 e. The Morgan fingerprint density at radius 1 is 1.27 bits per heavy atom. The van der Waals surface area contributed by atoms with Crippen molar-refractivity contribution in [3.63, 3.8) is 0 Å². The zero-order valence-electron chi connectivity index (χ0n) is 6.76. The fourth-order valence-corrected chi connectivity index (χ4v) is 1.02. The molecule has 1 rings (SSSR count). The summed E-state index contributed by atoms with van der Waals surface area (Å²) in [5, 5.41) is 0. The molecule has 0 saturated carbocycles. The van der Waals surface area contributed by atoms with E-state index in [1.54, 1.807) is 0 Å². The van der Waals surface area contributed by atoms with Crippen LogP contribution in [0.25, 0.3) is 0 Å². The van der Waals surface area contributed by atoms with E-state index >= 15 is 0 Å². The second-order valence-corrected chi connectivity index (χ2v) is 2.79. The number of hydrogen-bond donors (Lipinski definition) is 1. The van der Waals surface area contributed by atoms with Crippen molar-refractivity contribution in [3.05, 3.63) is 35.9 Å². The molecule has 11 heavy (non-hydrogen) atoms. The van der Waals surface area contributed by atoms with Gasteiger partial charge in [0, 0.05) is 6.42 Å². The SMILES string of the molecule is CC([NH3+])Cc1ccccc1.[Cl-]. The Hall–Kier alpha value is -0.530. The van der Waals surface area contributed by atoms with Crippen LogP contribution in [0.2, 0.25) is 0 Å². The minimum atomic E-state index is 0. The van der Waals surface area contributed by atoms with Gasteiger partial charge in [0.2, 0.25) is 0 Å². The zero-order valence-corrected chi connectivity index (χ0v) is 7.51. The summed E-state index contributed by atoms with van der Waals surface area (Å²) in [5.74, 6) is 0. The predicted octanol–water partition coefficient (Wildman–Crippen LogP) is -2.14. The molecule has 0 aliphatic carbocycles. The number of halogens is 1. The monoisotopic (exact) mass is 171 g/mol. The van der Waals surface area contributed by atoms with E-state index < -0.39 is 0 Å². The molecule has 1 unspecified atom stereocenters. The van der Waals surface area contributed by atoms with Crippen LogP contribution in [0.5, 0.6) is 0 Å². The third-order valence-electron chi connectivity index (χ3n) is 1.43. The Morgan fingerprint density at radius 3 is 2.27 bits per heavy atom. The molecule has 0 saturated heterocycles. The summed E-state index contributed by atoms with van der Waals surface area (Å²) in [6.07, 6.45) is 1.08. The molecule has 0 spiro atoms. The molecular weight excluding hydrogens is 158 g/mol. The van der Waals surface area contributed by atoms with Crippen LogP contribution >= 0.6 is 0 Å². The Kier molecular flexibility index (Phi) is 4.92. The van der Waals surface area contributed by atoms with Crippen LogP contribution in [0.3, 0.4) is 0 Å². The highest BCUT2D eigenvalue weighted by molar-refractivity contribution is 5.14. The van der Waals surface area contributed by atoms with Crippen molar-refractivity contribution in [2.45, 2.75) is 19.4 Å². The predicted molar refractivity (Wildman–Crippen MR) is 42.5 cm³/mol. The third-order valence-corrected chi connectivity index (χ3v) is 1.43. The molecule has 0 aromatic heterocycles. The molecule has 0 heterocycles. The van der Waals surface area contributed by atoms with Crippen molar-refractivity contribution < 1.29 is 18.1 Å². The maximum Gasteiger partial charge on any atom is 0.0855 e. The minimum Gasteiger partial charge on any atom is -1.00 e. The van der Waals surface area contributed by atoms with Gasteiger partial charge in [0.25, 0.3) is 0 Å². The maximum atomic E-state index is 3.93. The lowest BCUT2D eigenvalue weighted by Gasteiger charge is -2.00. The van der Waals surface area contributed by atoms with E-state index in [-0.39, 0.29) is 12.4 Å². The first kappa shape index (κ1) is 10.5. The summed E-state index contributed by atoms with van der Waals surface area (Å²) in [7, 11) is 0. The molecule has 1 atom stereocenters. The highest BCUT2D eigenvalue weighted by atomic mass is 35.5. The van der Waals surface area contributed by atoms with Gasteiger partial charge in [0.05, 0.1) is 6.04 Å². The first-order valence-electron chi connectivity index (χ1n) is 3.66. The lowest BCUT2D eigenvalue weighted by molar-refractivity contribution is -0.413. The van der Waals surface area contributed by atoms with Gasteiger partial charge in [-0.05, 0) is 12.5 Å². The molecule has 0 aliphatic heterocycles. The van der Waals surface area contributed by atoms with Gasteiger partial charge in [-0.1, -0.05) is 30.3 Å². The molecule has 2 heteroatoms. The van der Waals surface area contributed by atoms with E-state index in [1.807, 2.05) is 6.07 Å². The number of hydrogen-bond acceptors (Lipinski definition) is 0. The van der Waals surface area contributed by atoms with Gasteiger partial charge in [-0.3, -0.25) is 0 Å². The normalized spacial score (nSPS) is 11.8. The fourth-order valence-electron chi connectivity index (χ4n) is 1.02. The molecule has 0 amide bonds. The molecule has 3 N–H and O–H groups in total. The van der Waals surface area contributed by atoms with Gasteiger partial charge in [0.15, 0.2) is 0 Å². The van der Waals surface area contributed by atoms with Crippen LogP contribution in [-0.2, 0) is 6.42 Å². The van der Waals surface area contributed by atoms with Gasteiger partial charge < -0.3 is 18.1 Å². The lowest BCUT2D eigenvalue weighted by Crippen LogP contribution is -3.00. The van der Waals surface area contributed by atoms with Crippen molar-refractivity contribution in [2.24, 2.45) is 0 Å². The smallest absolute Gasteiger partial charge is 0.0855 e. The van der Waals surface area contributed by atoms with Crippen LogP contribution < -0.4 is 18.1 Å². The highest BCUT2D eigenvalue weighted by Gasteiger charge is 1.97. The van der Waals surface area contributed by atoms with Crippen LogP contribution in [0.4, 0.5) is 0 Å². The first-order chi connectivity index (χ1) is 4.79. The molecular formula is C9H14ClN. The fraction of sp³-hybridized carbons (Fsp3) is 0.333. The standard InChI is InChI=1S/C9H13N.ClH/c1-8(10)7-9-5-3-2-4-6-9;/h2-6,8H,7,10H2,1H3;1H. The van der Waals surface area contributed by atoms with Gasteiger partial charge in [-0.15, -0.1) is 0 Å². The quantitative estimate of drug-likeness (QED) is 0.527.